The Morgan fingerprint density at radius 3 is 2.38 bits per heavy atom. The zero-order valence-electron chi connectivity index (χ0n) is 8.48. The maximum atomic E-state index is 11.1. The number of carbonyl (C=O) groups is 1. The van der Waals surface area contributed by atoms with Gasteiger partial charge < -0.3 is 5.11 Å². The Bertz CT molecular complexity index is 365. The van der Waals surface area contributed by atoms with E-state index >= 15 is 0 Å². The van der Waals surface area contributed by atoms with Crippen LogP contribution in [0, 0.1) is 11.3 Å². The second kappa shape index (κ2) is 3.53. The molecule has 1 heterocycles. The van der Waals surface area contributed by atoms with Crippen LogP contribution in [0.15, 0.2) is 5.11 Å². The summed E-state index contributed by atoms with van der Waals surface area (Å²) in [6.07, 6.45) is 1.75. The lowest BCUT2D eigenvalue weighted by Gasteiger charge is -2.57. The van der Waals surface area contributed by atoms with Gasteiger partial charge in [0.1, 0.15) is 6.04 Å². The van der Waals surface area contributed by atoms with Crippen LogP contribution in [0.3, 0.4) is 0 Å². The fraction of sp³-hybridized carbons (Fsp3) is 0.875. The van der Waals surface area contributed by atoms with E-state index in [1.54, 1.807) is 0 Å². The van der Waals surface area contributed by atoms with E-state index in [1.165, 1.54) is 0 Å². The van der Waals surface area contributed by atoms with Crippen LogP contribution >= 0.6 is 10.6 Å². The minimum Gasteiger partial charge on any atom is -0.481 e. The Kier molecular flexibility index (Phi) is 2.54. The van der Waals surface area contributed by atoms with Crippen molar-refractivity contribution in [1.29, 1.82) is 0 Å². The molecule has 0 aromatic rings. The van der Waals surface area contributed by atoms with Gasteiger partial charge in [-0.15, -0.1) is 0 Å². The highest BCUT2D eigenvalue weighted by Crippen LogP contribution is 2.68. The molecule has 0 bridgehead atoms. The highest BCUT2D eigenvalue weighted by Gasteiger charge is 2.62. The monoisotopic (exact) mass is 247 g/mol. The lowest BCUT2D eigenvalue weighted by molar-refractivity contribution is -0.141. The summed E-state index contributed by atoms with van der Waals surface area (Å²) in [6.45, 7) is 0. The van der Waals surface area contributed by atoms with Crippen LogP contribution < -0.4 is 0 Å². The van der Waals surface area contributed by atoms with Crippen LogP contribution in [-0.2, 0) is 4.79 Å². The van der Waals surface area contributed by atoms with E-state index in [9.17, 15) is 13.9 Å². The molecule has 0 amide bonds. The molecule has 1 aliphatic carbocycles. The van der Waals surface area contributed by atoms with Gasteiger partial charge in [-0.25, -0.2) is 0 Å². The number of aliphatic carboxylic acids is 1. The van der Waals surface area contributed by atoms with Gasteiger partial charge in [0.05, 0.1) is 0 Å². The predicted octanol–water partition coefficient (Wildman–Crippen LogP) is 1.91. The molecule has 1 atom stereocenters. The van der Waals surface area contributed by atoms with E-state index in [0.717, 1.165) is 12.8 Å². The van der Waals surface area contributed by atoms with Gasteiger partial charge in [-0.3, -0.25) is 13.9 Å². The summed E-state index contributed by atoms with van der Waals surface area (Å²) in [4.78, 5) is 13.6. The minimum absolute atomic E-state index is 0.0562. The van der Waals surface area contributed by atoms with Crippen LogP contribution in [-0.4, -0.2) is 37.7 Å². The molecule has 0 radical (unpaired) electrons. The first-order valence-corrected chi connectivity index (χ1v) is 6.80. The van der Waals surface area contributed by atoms with Gasteiger partial charge in [0.25, 0.3) is 0 Å². The fourth-order valence-electron chi connectivity index (χ4n) is 2.56. The second-order valence-corrected chi connectivity index (χ2v) is 6.73. The summed E-state index contributed by atoms with van der Waals surface area (Å²) >= 11 is 0. The van der Waals surface area contributed by atoms with Crippen LogP contribution in [0.4, 0.5) is 0 Å². The molecule has 2 rings (SSSR count). The first kappa shape index (κ1) is 11.5. The minimum atomic E-state index is -2.64. The standard InChI is InChI=1S/C8H13N3O4S/c9-11-10-6(7(12)13)8(5-1-2-5)3-16(14,15)4-8/h5-6,14-15H,1-4H2,(H,12,13). The highest BCUT2D eigenvalue weighted by molar-refractivity contribution is 8.25. The van der Waals surface area contributed by atoms with Gasteiger partial charge in [0.2, 0.25) is 0 Å². The van der Waals surface area contributed by atoms with Crippen molar-refractivity contribution in [2.45, 2.75) is 18.9 Å². The Labute approximate surface area is 93.4 Å². The van der Waals surface area contributed by atoms with Crippen molar-refractivity contribution < 1.29 is 19.0 Å². The van der Waals surface area contributed by atoms with Gasteiger partial charge >= 0.3 is 5.97 Å². The van der Waals surface area contributed by atoms with Crippen LogP contribution in [0.1, 0.15) is 12.8 Å². The van der Waals surface area contributed by atoms with Crippen molar-refractivity contribution in [2.24, 2.45) is 16.4 Å². The molecule has 90 valence electrons. The second-order valence-electron chi connectivity index (χ2n) is 4.54. The summed E-state index contributed by atoms with van der Waals surface area (Å²) in [6, 6.07) is -1.18. The molecule has 8 heteroatoms. The smallest absolute Gasteiger partial charge is 0.313 e. The van der Waals surface area contributed by atoms with Gasteiger partial charge in [0.15, 0.2) is 0 Å². The molecule has 1 aliphatic heterocycles. The molecule has 2 aliphatic rings. The fourth-order valence-corrected chi connectivity index (χ4v) is 4.98. The van der Waals surface area contributed by atoms with E-state index < -0.39 is 28.0 Å². The van der Waals surface area contributed by atoms with Crippen molar-refractivity contribution in [1.82, 2.24) is 0 Å². The normalized spacial score (nSPS) is 29.4. The molecule has 0 spiro atoms. The number of hydrogen-bond donors (Lipinski definition) is 3. The molecule has 16 heavy (non-hydrogen) atoms. The molecule has 0 aromatic carbocycles. The predicted molar refractivity (Wildman–Crippen MR) is 58.3 cm³/mol. The molecule has 7 nitrogen and oxygen atoms in total. The first-order valence-electron chi connectivity index (χ1n) is 4.92. The highest BCUT2D eigenvalue weighted by atomic mass is 32.3. The Balaban J connectivity index is 2.25. The third-order valence-corrected chi connectivity index (χ3v) is 5.34. The van der Waals surface area contributed by atoms with Crippen molar-refractivity contribution in [3.8, 4) is 0 Å². The number of nitrogens with zero attached hydrogens (tertiary/aromatic N) is 3. The first-order chi connectivity index (χ1) is 7.41. The molecule has 3 N–H and O–H groups in total. The van der Waals surface area contributed by atoms with E-state index in [1.807, 2.05) is 0 Å². The Morgan fingerprint density at radius 1 is 1.50 bits per heavy atom. The van der Waals surface area contributed by atoms with Crippen molar-refractivity contribution in [2.75, 3.05) is 11.5 Å². The molecule has 1 saturated heterocycles. The Hall–Kier alpha value is -0.950. The zero-order chi connectivity index (χ0) is 12.0. The van der Waals surface area contributed by atoms with E-state index in [0.29, 0.717) is 0 Å². The summed E-state index contributed by atoms with van der Waals surface area (Å²) in [5, 5.41) is 12.3. The largest absolute Gasteiger partial charge is 0.481 e. The quantitative estimate of drug-likeness (QED) is 0.398. The number of hydrogen-bond acceptors (Lipinski definition) is 4. The molecule has 0 aromatic heterocycles. The third-order valence-electron chi connectivity index (χ3n) is 3.34. The summed E-state index contributed by atoms with van der Waals surface area (Å²) in [7, 11) is -2.64. The van der Waals surface area contributed by atoms with Crippen molar-refractivity contribution in [3.05, 3.63) is 10.4 Å². The zero-order valence-corrected chi connectivity index (χ0v) is 9.30. The average molecular weight is 247 g/mol. The Morgan fingerprint density at radius 2 is 2.06 bits per heavy atom. The summed E-state index contributed by atoms with van der Waals surface area (Å²) in [5.41, 5.74) is 7.65. The van der Waals surface area contributed by atoms with Crippen molar-refractivity contribution >= 4 is 16.6 Å². The topological polar surface area (TPSA) is 127 Å². The van der Waals surface area contributed by atoms with E-state index in [2.05, 4.69) is 10.0 Å². The molecular formula is C8H13N3O4S. The molecular weight excluding hydrogens is 234 g/mol. The van der Waals surface area contributed by atoms with Crippen LogP contribution in [0.2, 0.25) is 0 Å². The maximum absolute atomic E-state index is 11.1. The van der Waals surface area contributed by atoms with Crippen LogP contribution in [0.5, 0.6) is 0 Å². The molecule has 1 saturated carbocycles. The molecule has 2 fully saturated rings. The van der Waals surface area contributed by atoms with Crippen LogP contribution in [0.25, 0.3) is 10.4 Å². The molecule has 1 unspecified atom stereocenters. The average Bonchev–Trinajstić information content (AvgIpc) is 2.92. The summed E-state index contributed by atoms with van der Waals surface area (Å²) < 4.78 is 18.9. The number of azide groups is 1. The van der Waals surface area contributed by atoms with Gasteiger partial charge in [-0.1, -0.05) is 5.11 Å². The van der Waals surface area contributed by atoms with Crippen molar-refractivity contribution in [3.63, 3.8) is 0 Å². The maximum Gasteiger partial charge on any atom is 0.313 e. The van der Waals surface area contributed by atoms with E-state index in [-0.39, 0.29) is 17.4 Å². The van der Waals surface area contributed by atoms with Gasteiger partial charge in [0, 0.05) is 21.8 Å². The lowest BCUT2D eigenvalue weighted by atomic mass is 9.78. The number of carboxylic acid groups (broad SMARTS) is 1. The van der Waals surface area contributed by atoms with Gasteiger partial charge in [-0.2, -0.15) is 10.6 Å². The summed E-state index contributed by atoms with van der Waals surface area (Å²) in [5.74, 6) is -0.917. The SMILES string of the molecule is [N-]=[N+]=NC(C(=O)O)C1(C2CC2)CS(O)(O)C1. The number of rotatable bonds is 4. The van der Waals surface area contributed by atoms with E-state index in [4.69, 9.17) is 10.6 Å². The third kappa shape index (κ3) is 1.73. The number of carboxylic acids is 1. The lowest BCUT2D eigenvalue weighted by Crippen LogP contribution is -2.56. The van der Waals surface area contributed by atoms with Gasteiger partial charge in [-0.05, 0) is 24.3 Å².